The second-order valence-corrected chi connectivity index (χ2v) is 7.61. The zero-order chi connectivity index (χ0) is 19.9. The lowest BCUT2D eigenvalue weighted by Gasteiger charge is -2.22. The van der Waals surface area contributed by atoms with Crippen molar-refractivity contribution in [3.05, 3.63) is 60.1 Å². The Morgan fingerprint density at radius 3 is 2.48 bits per heavy atom. The predicted octanol–water partition coefficient (Wildman–Crippen LogP) is 4.53. The number of aromatic nitrogens is 3. The molecule has 0 saturated carbocycles. The summed E-state index contributed by atoms with van der Waals surface area (Å²) in [7, 11) is 0. The summed E-state index contributed by atoms with van der Waals surface area (Å²) in [5.41, 5.74) is 2.16. The van der Waals surface area contributed by atoms with Gasteiger partial charge in [-0.1, -0.05) is 48.3 Å². The van der Waals surface area contributed by atoms with Gasteiger partial charge in [-0.2, -0.15) is 4.98 Å². The summed E-state index contributed by atoms with van der Waals surface area (Å²) in [6, 6.07) is 14.5. The molecule has 1 aliphatic rings. The van der Waals surface area contributed by atoms with E-state index in [0.29, 0.717) is 11.7 Å². The Morgan fingerprint density at radius 1 is 1.00 bits per heavy atom. The second kappa shape index (κ2) is 9.65. The number of benzene rings is 1. The van der Waals surface area contributed by atoms with Gasteiger partial charge in [0.15, 0.2) is 0 Å². The molecule has 2 aromatic heterocycles. The number of anilines is 1. The first-order chi connectivity index (χ1) is 14.3. The van der Waals surface area contributed by atoms with Gasteiger partial charge >= 0.3 is 0 Å². The molecule has 0 atom stereocenters. The molecule has 152 valence electrons. The SMILES string of the molecule is CCN(Cc1ccccc1)c1ccc(-c2noc(CN3CCCCCC3)n2)cn1. The Hall–Kier alpha value is -2.73. The lowest BCUT2D eigenvalue weighted by atomic mass is 10.2. The van der Waals surface area contributed by atoms with Crippen LogP contribution in [-0.4, -0.2) is 39.7 Å². The largest absolute Gasteiger partial charge is 0.353 e. The maximum Gasteiger partial charge on any atom is 0.241 e. The number of hydrogen-bond donors (Lipinski definition) is 0. The Bertz CT molecular complexity index is 870. The average Bonchev–Trinajstić information content (AvgIpc) is 3.08. The van der Waals surface area contributed by atoms with Crippen molar-refractivity contribution >= 4 is 5.82 Å². The smallest absolute Gasteiger partial charge is 0.241 e. The Labute approximate surface area is 172 Å². The summed E-state index contributed by atoms with van der Waals surface area (Å²) in [5, 5.41) is 4.17. The standard InChI is InChI=1S/C23H29N5O/c1-2-28(17-19-10-6-5-7-11-19)21-13-12-20(16-24-21)23-25-22(29-26-23)18-27-14-8-3-4-9-15-27/h5-7,10-13,16H,2-4,8-9,14-15,17-18H2,1H3. The van der Waals surface area contributed by atoms with Crippen molar-refractivity contribution in [1.29, 1.82) is 0 Å². The molecule has 1 fully saturated rings. The Kier molecular flexibility index (Phi) is 6.52. The van der Waals surface area contributed by atoms with Gasteiger partial charge in [0.1, 0.15) is 5.82 Å². The van der Waals surface area contributed by atoms with Crippen LogP contribution >= 0.6 is 0 Å². The molecule has 1 saturated heterocycles. The van der Waals surface area contributed by atoms with E-state index in [-0.39, 0.29) is 0 Å². The van der Waals surface area contributed by atoms with Gasteiger partial charge in [-0.05, 0) is 50.6 Å². The molecule has 0 radical (unpaired) electrons. The van der Waals surface area contributed by atoms with Crippen LogP contribution in [0.4, 0.5) is 5.82 Å². The summed E-state index contributed by atoms with van der Waals surface area (Å²) in [6.07, 6.45) is 6.99. The predicted molar refractivity (Wildman–Crippen MR) is 114 cm³/mol. The molecule has 1 aromatic carbocycles. The van der Waals surface area contributed by atoms with Gasteiger partial charge in [-0.25, -0.2) is 4.98 Å². The van der Waals surface area contributed by atoms with Crippen LogP contribution in [0.25, 0.3) is 11.4 Å². The molecule has 0 bridgehead atoms. The highest BCUT2D eigenvalue weighted by atomic mass is 16.5. The van der Waals surface area contributed by atoms with Gasteiger partial charge in [-0.15, -0.1) is 0 Å². The third kappa shape index (κ3) is 5.21. The fraction of sp³-hybridized carbons (Fsp3) is 0.435. The van der Waals surface area contributed by atoms with E-state index in [9.17, 15) is 0 Å². The topological polar surface area (TPSA) is 58.3 Å². The van der Waals surface area contributed by atoms with E-state index >= 15 is 0 Å². The number of pyridine rings is 1. The van der Waals surface area contributed by atoms with Crippen LogP contribution in [-0.2, 0) is 13.1 Å². The van der Waals surface area contributed by atoms with Crippen molar-refractivity contribution in [3.8, 4) is 11.4 Å². The molecule has 6 nitrogen and oxygen atoms in total. The third-order valence-electron chi connectivity index (χ3n) is 5.45. The number of nitrogens with zero attached hydrogens (tertiary/aromatic N) is 5. The Morgan fingerprint density at radius 2 is 1.79 bits per heavy atom. The molecule has 0 unspecified atom stereocenters. The number of hydrogen-bond acceptors (Lipinski definition) is 6. The summed E-state index contributed by atoms with van der Waals surface area (Å²) in [5.74, 6) is 2.25. The van der Waals surface area contributed by atoms with Gasteiger partial charge in [0.05, 0.1) is 6.54 Å². The van der Waals surface area contributed by atoms with E-state index in [2.05, 4.69) is 56.1 Å². The van der Waals surface area contributed by atoms with Crippen molar-refractivity contribution in [2.45, 2.75) is 45.7 Å². The van der Waals surface area contributed by atoms with Crippen LogP contribution < -0.4 is 4.90 Å². The first-order valence-corrected chi connectivity index (χ1v) is 10.6. The van der Waals surface area contributed by atoms with Crippen LogP contribution in [0.2, 0.25) is 0 Å². The van der Waals surface area contributed by atoms with Crippen molar-refractivity contribution < 1.29 is 4.52 Å². The zero-order valence-electron chi connectivity index (χ0n) is 17.1. The lowest BCUT2D eigenvalue weighted by molar-refractivity contribution is 0.234. The lowest BCUT2D eigenvalue weighted by Crippen LogP contribution is -2.24. The average molecular weight is 392 g/mol. The van der Waals surface area contributed by atoms with Gasteiger partial charge in [-0.3, -0.25) is 4.90 Å². The van der Waals surface area contributed by atoms with Crippen LogP contribution in [0.15, 0.2) is 53.2 Å². The van der Waals surface area contributed by atoms with Crippen molar-refractivity contribution in [3.63, 3.8) is 0 Å². The zero-order valence-corrected chi connectivity index (χ0v) is 17.1. The van der Waals surface area contributed by atoms with Crippen molar-refractivity contribution in [1.82, 2.24) is 20.0 Å². The van der Waals surface area contributed by atoms with Crippen LogP contribution in [0.5, 0.6) is 0 Å². The first kappa shape index (κ1) is 19.6. The minimum Gasteiger partial charge on any atom is -0.353 e. The first-order valence-electron chi connectivity index (χ1n) is 10.6. The summed E-state index contributed by atoms with van der Waals surface area (Å²) in [4.78, 5) is 13.9. The molecule has 0 amide bonds. The van der Waals surface area contributed by atoms with Crippen LogP contribution in [0, 0.1) is 0 Å². The minimum absolute atomic E-state index is 0.611. The highest BCUT2D eigenvalue weighted by molar-refractivity contribution is 5.56. The van der Waals surface area contributed by atoms with Gasteiger partial charge in [0.25, 0.3) is 0 Å². The molecule has 0 N–H and O–H groups in total. The van der Waals surface area contributed by atoms with E-state index in [1.165, 1.54) is 31.2 Å². The fourth-order valence-corrected chi connectivity index (χ4v) is 3.79. The summed E-state index contributed by atoms with van der Waals surface area (Å²) < 4.78 is 5.50. The fourth-order valence-electron chi connectivity index (χ4n) is 3.79. The normalized spacial score (nSPS) is 15.2. The molecule has 29 heavy (non-hydrogen) atoms. The van der Waals surface area contributed by atoms with Crippen LogP contribution in [0.3, 0.4) is 0 Å². The highest BCUT2D eigenvalue weighted by Gasteiger charge is 2.15. The quantitative estimate of drug-likeness (QED) is 0.590. The monoisotopic (exact) mass is 391 g/mol. The summed E-state index contributed by atoms with van der Waals surface area (Å²) >= 11 is 0. The third-order valence-corrected chi connectivity index (χ3v) is 5.45. The molecule has 4 rings (SSSR count). The molecule has 0 spiro atoms. The molecule has 3 heterocycles. The molecular formula is C23H29N5O. The van der Waals surface area contributed by atoms with Crippen molar-refractivity contribution in [2.75, 3.05) is 24.5 Å². The minimum atomic E-state index is 0.611. The molecule has 3 aromatic rings. The van der Waals surface area contributed by atoms with E-state index in [1.54, 1.807) is 0 Å². The maximum absolute atomic E-state index is 5.50. The highest BCUT2D eigenvalue weighted by Crippen LogP contribution is 2.21. The van der Waals surface area contributed by atoms with E-state index < -0.39 is 0 Å². The molecular weight excluding hydrogens is 362 g/mol. The Balaban J connectivity index is 1.41. The van der Waals surface area contributed by atoms with E-state index in [4.69, 9.17) is 4.52 Å². The van der Waals surface area contributed by atoms with Gasteiger partial charge in [0, 0.05) is 24.8 Å². The molecule has 1 aliphatic heterocycles. The van der Waals surface area contributed by atoms with Crippen LogP contribution in [0.1, 0.15) is 44.1 Å². The summed E-state index contributed by atoms with van der Waals surface area (Å²) in [6.45, 7) is 6.84. The molecule has 0 aliphatic carbocycles. The maximum atomic E-state index is 5.50. The number of likely N-dealkylation sites (tertiary alicyclic amines) is 1. The second-order valence-electron chi connectivity index (χ2n) is 7.61. The van der Waals surface area contributed by atoms with Crippen molar-refractivity contribution in [2.24, 2.45) is 0 Å². The van der Waals surface area contributed by atoms with E-state index in [1.807, 2.05) is 24.4 Å². The number of rotatable bonds is 7. The van der Waals surface area contributed by atoms with E-state index in [0.717, 1.165) is 44.1 Å². The van der Waals surface area contributed by atoms with Gasteiger partial charge < -0.3 is 9.42 Å². The van der Waals surface area contributed by atoms with Gasteiger partial charge in [0.2, 0.25) is 11.7 Å². The molecule has 6 heteroatoms.